The number of rotatable bonds is 4. The Kier molecular flexibility index (Phi) is 4.18. The van der Waals surface area contributed by atoms with Crippen molar-refractivity contribution in [3.8, 4) is 5.75 Å². The van der Waals surface area contributed by atoms with Crippen LogP contribution in [0.15, 0.2) is 48.5 Å². The first kappa shape index (κ1) is 13.1. The number of aryl methyl sites for hydroxylation is 1. The van der Waals surface area contributed by atoms with Crippen LogP contribution in [-0.4, -0.2) is 17.7 Å². The molecule has 3 nitrogen and oxygen atoms in total. The Hall–Kier alpha value is -2.29. The van der Waals surface area contributed by atoms with Crippen LogP contribution in [0.3, 0.4) is 0 Å². The highest BCUT2D eigenvalue weighted by Crippen LogP contribution is 2.11. The van der Waals surface area contributed by atoms with E-state index in [1.54, 1.807) is 12.1 Å². The molecule has 0 aliphatic carbocycles. The maximum atomic E-state index is 11.7. The summed E-state index contributed by atoms with van der Waals surface area (Å²) < 4.78 is 5.18. The van der Waals surface area contributed by atoms with Gasteiger partial charge in [-0.3, -0.25) is 0 Å². The number of ether oxygens (including phenoxy) is 1. The SMILES string of the molecule is Cc1ccc(CCOC(=O)c2ccc(O)cc2)cc1. The molecule has 2 rings (SSSR count). The van der Waals surface area contributed by atoms with Crippen molar-refractivity contribution in [1.82, 2.24) is 0 Å². The van der Waals surface area contributed by atoms with Crippen LogP contribution < -0.4 is 0 Å². The minimum atomic E-state index is -0.368. The molecule has 3 heteroatoms. The van der Waals surface area contributed by atoms with Crippen molar-refractivity contribution in [3.63, 3.8) is 0 Å². The van der Waals surface area contributed by atoms with Gasteiger partial charge in [-0.25, -0.2) is 4.79 Å². The van der Waals surface area contributed by atoms with Crippen LogP contribution in [0.4, 0.5) is 0 Å². The van der Waals surface area contributed by atoms with Gasteiger partial charge in [0.2, 0.25) is 0 Å². The molecule has 0 radical (unpaired) electrons. The lowest BCUT2D eigenvalue weighted by Gasteiger charge is -2.05. The fourth-order valence-electron chi connectivity index (χ4n) is 1.70. The maximum Gasteiger partial charge on any atom is 0.338 e. The number of hydrogen-bond acceptors (Lipinski definition) is 3. The molecule has 98 valence electrons. The average molecular weight is 256 g/mol. The van der Waals surface area contributed by atoms with E-state index in [-0.39, 0.29) is 11.7 Å². The van der Waals surface area contributed by atoms with E-state index >= 15 is 0 Å². The molecule has 19 heavy (non-hydrogen) atoms. The molecule has 0 unspecified atom stereocenters. The predicted octanol–water partition coefficient (Wildman–Crippen LogP) is 3.10. The molecule has 0 aliphatic heterocycles. The van der Waals surface area contributed by atoms with Gasteiger partial charge in [0, 0.05) is 6.42 Å². The van der Waals surface area contributed by atoms with Gasteiger partial charge in [-0.05, 0) is 36.8 Å². The van der Waals surface area contributed by atoms with E-state index < -0.39 is 0 Å². The molecule has 0 spiro atoms. The van der Waals surface area contributed by atoms with Gasteiger partial charge < -0.3 is 9.84 Å². The smallest absolute Gasteiger partial charge is 0.338 e. The fraction of sp³-hybridized carbons (Fsp3) is 0.188. The summed E-state index contributed by atoms with van der Waals surface area (Å²) in [7, 11) is 0. The molecule has 0 aromatic heterocycles. The predicted molar refractivity (Wildman–Crippen MR) is 73.3 cm³/mol. The van der Waals surface area contributed by atoms with E-state index in [1.165, 1.54) is 17.7 Å². The molecule has 2 aromatic carbocycles. The normalized spacial score (nSPS) is 10.2. The van der Waals surface area contributed by atoms with Gasteiger partial charge in [-0.1, -0.05) is 29.8 Å². The molecular weight excluding hydrogens is 240 g/mol. The Morgan fingerprint density at radius 1 is 1.05 bits per heavy atom. The van der Waals surface area contributed by atoms with Crippen LogP contribution in [0.2, 0.25) is 0 Å². The van der Waals surface area contributed by atoms with E-state index in [4.69, 9.17) is 9.84 Å². The van der Waals surface area contributed by atoms with Crippen LogP contribution >= 0.6 is 0 Å². The Morgan fingerprint density at radius 3 is 2.32 bits per heavy atom. The van der Waals surface area contributed by atoms with Crippen LogP contribution in [0, 0.1) is 6.92 Å². The maximum absolute atomic E-state index is 11.7. The number of benzene rings is 2. The van der Waals surface area contributed by atoms with Crippen molar-refractivity contribution < 1.29 is 14.6 Å². The molecule has 0 amide bonds. The first-order chi connectivity index (χ1) is 9.15. The second-order valence-electron chi connectivity index (χ2n) is 4.42. The molecule has 2 aromatic rings. The molecule has 1 N–H and O–H groups in total. The van der Waals surface area contributed by atoms with Crippen molar-refractivity contribution in [1.29, 1.82) is 0 Å². The van der Waals surface area contributed by atoms with Gasteiger partial charge >= 0.3 is 5.97 Å². The Morgan fingerprint density at radius 2 is 1.68 bits per heavy atom. The van der Waals surface area contributed by atoms with Crippen molar-refractivity contribution in [2.45, 2.75) is 13.3 Å². The van der Waals surface area contributed by atoms with Gasteiger partial charge in [0.15, 0.2) is 0 Å². The first-order valence-electron chi connectivity index (χ1n) is 6.17. The van der Waals surface area contributed by atoms with Crippen LogP contribution in [-0.2, 0) is 11.2 Å². The molecule has 0 atom stereocenters. The summed E-state index contributed by atoms with van der Waals surface area (Å²) >= 11 is 0. The van der Waals surface area contributed by atoms with Gasteiger partial charge in [0.05, 0.1) is 12.2 Å². The zero-order valence-corrected chi connectivity index (χ0v) is 10.8. The van der Waals surface area contributed by atoms with E-state index in [2.05, 4.69) is 0 Å². The third kappa shape index (κ3) is 3.85. The zero-order valence-electron chi connectivity index (χ0n) is 10.8. The molecular formula is C16H16O3. The lowest BCUT2D eigenvalue weighted by Crippen LogP contribution is -2.08. The van der Waals surface area contributed by atoms with Crippen LogP contribution in [0.5, 0.6) is 5.75 Å². The van der Waals surface area contributed by atoms with Crippen molar-refractivity contribution in [2.24, 2.45) is 0 Å². The molecule has 0 saturated heterocycles. The third-order valence-electron chi connectivity index (χ3n) is 2.85. The molecule has 0 heterocycles. The number of phenols is 1. The highest BCUT2D eigenvalue weighted by atomic mass is 16.5. The van der Waals surface area contributed by atoms with Gasteiger partial charge in [0.25, 0.3) is 0 Å². The second-order valence-corrected chi connectivity index (χ2v) is 4.42. The fourth-order valence-corrected chi connectivity index (χ4v) is 1.70. The van der Waals surface area contributed by atoms with Crippen molar-refractivity contribution in [2.75, 3.05) is 6.61 Å². The minimum Gasteiger partial charge on any atom is -0.508 e. The summed E-state index contributed by atoms with van der Waals surface area (Å²) in [6.07, 6.45) is 0.699. The summed E-state index contributed by atoms with van der Waals surface area (Å²) in [5.41, 5.74) is 2.80. The highest BCUT2D eigenvalue weighted by Gasteiger charge is 2.06. The number of carbonyl (C=O) groups is 1. The largest absolute Gasteiger partial charge is 0.508 e. The lowest BCUT2D eigenvalue weighted by molar-refractivity contribution is 0.0509. The van der Waals surface area contributed by atoms with E-state index in [9.17, 15) is 4.79 Å². The van der Waals surface area contributed by atoms with Gasteiger partial charge in [-0.15, -0.1) is 0 Å². The number of hydrogen-bond donors (Lipinski definition) is 1. The molecule has 0 aliphatic rings. The summed E-state index contributed by atoms with van der Waals surface area (Å²) in [6.45, 7) is 2.39. The Bertz CT molecular complexity index is 541. The topological polar surface area (TPSA) is 46.5 Å². The molecule has 0 bridgehead atoms. The Balaban J connectivity index is 1.84. The average Bonchev–Trinajstić information content (AvgIpc) is 2.41. The van der Waals surface area contributed by atoms with Crippen molar-refractivity contribution in [3.05, 3.63) is 65.2 Å². The number of carbonyl (C=O) groups excluding carboxylic acids is 1. The van der Waals surface area contributed by atoms with Gasteiger partial charge in [-0.2, -0.15) is 0 Å². The summed E-state index contributed by atoms with van der Waals surface area (Å²) in [5.74, 6) is -0.233. The number of esters is 1. The summed E-state index contributed by atoms with van der Waals surface area (Å²) in [4.78, 5) is 11.7. The van der Waals surface area contributed by atoms with Crippen LogP contribution in [0.25, 0.3) is 0 Å². The lowest BCUT2D eigenvalue weighted by atomic mass is 10.1. The quantitative estimate of drug-likeness (QED) is 0.855. The Labute approximate surface area is 112 Å². The van der Waals surface area contributed by atoms with Gasteiger partial charge in [0.1, 0.15) is 5.75 Å². The zero-order chi connectivity index (χ0) is 13.7. The van der Waals surface area contributed by atoms with Crippen molar-refractivity contribution >= 4 is 5.97 Å². The standard InChI is InChI=1S/C16H16O3/c1-12-2-4-13(5-3-12)10-11-19-16(18)14-6-8-15(17)9-7-14/h2-9,17H,10-11H2,1H3. The monoisotopic (exact) mass is 256 g/mol. The molecule has 0 saturated carbocycles. The summed E-state index contributed by atoms with van der Waals surface area (Å²) in [6, 6.07) is 14.2. The second kappa shape index (κ2) is 6.05. The number of phenolic OH excluding ortho intramolecular Hbond substituents is 1. The third-order valence-corrected chi connectivity index (χ3v) is 2.85. The van der Waals surface area contributed by atoms with E-state index in [0.29, 0.717) is 18.6 Å². The number of aromatic hydroxyl groups is 1. The van der Waals surface area contributed by atoms with E-state index in [0.717, 1.165) is 5.56 Å². The molecule has 0 fully saturated rings. The van der Waals surface area contributed by atoms with E-state index in [1.807, 2.05) is 31.2 Å². The highest BCUT2D eigenvalue weighted by molar-refractivity contribution is 5.89. The first-order valence-corrected chi connectivity index (χ1v) is 6.17. The minimum absolute atomic E-state index is 0.135. The van der Waals surface area contributed by atoms with Crippen LogP contribution in [0.1, 0.15) is 21.5 Å². The summed E-state index contributed by atoms with van der Waals surface area (Å²) in [5, 5.41) is 9.13.